The molecule has 2 aromatic rings. The van der Waals surface area contributed by atoms with E-state index in [1.165, 1.54) is 12.1 Å². The number of aliphatic hydroxyl groups is 2. The number of amides is 1. The maximum absolute atomic E-state index is 11.8. The van der Waals surface area contributed by atoms with Crippen LogP contribution in [-0.2, 0) is 16.3 Å². The van der Waals surface area contributed by atoms with Gasteiger partial charge < -0.3 is 26.6 Å². The number of hydrogen-bond donors (Lipinski definition) is 5. The van der Waals surface area contributed by atoms with Gasteiger partial charge in [-0.05, 0) is 24.6 Å². The molecule has 0 aliphatic carbocycles. The fraction of sp³-hybridized carbons (Fsp3) is 0.353. The summed E-state index contributed by atoms with van der Waals surface area (Å²) in [6.45, 7) is 1.41. The summed E-state index contributed by atoms with van der Waals surface area (Å²) in [5.74, 6) is -0.455. The van der Waals surface area contributed by atoms with E-state index in [4.69, 9.17) is 10.8 Å². The van der Waals surface area contributed by atoms with Crippen molar-refractivity contribution in [1.82, 2.24) is 9.97 Å². The van der Waals surface area contributed by atoms with Crippen molar-refractivity contribution in [3.05, 3.63) is 35.7 Å². The molecule has 10 nitrogen and oxygen atoms in total. The van der Waals surface area contributed by atoms with E-state index in [0.717, 1.165) is 6.26 Å². The molecule has 1 unspecified atom stereocenters. The number of hydrogen-bond acceptors (Lipinski definition) is 9. The van der Waals surface area contributed by atoms with Crippen molar-refractivity contribution in [2.75, 3.05) is 30.0 Å². The van der Waals surface area contributed by atoms with Gasteiger partial charge in [0.05, 0.1) is 23.3 Å². The summed E-state index contributed by atoms with van der Waals surface area (Å²) in [6.07, 6.45) is 0.533. The second-order valence-corrected chi connectivity index (χ2v) is 8.09. The van der Waals surface area contributed by atoms with Crippen LogP contribution in [0.15, 0.2) is 29.2 Å². The minimum absolute atomic E-state index is 0.0249. The highest BCUT2D eigenvalue weighted by atomic mass is 32.2. The molecule has 1 aromatic heterocycles. The van der Waals surface area contributed by atoms with Crippen LogP contribution in [0.4, 0.5) is 17.3 Å². The molecule has 0 aliphatic rings. The van der Waals surface area contributed by atoms with Crippen molar-refractivity contribution in [2.45, 2.75) is 24.3 Å². The van der Waals surface area contributed by atoms with Crippen LogP contribution in [0.3, 0.4) is 0 Å². The lowest BCUT2D eigenvalue weighted by Crippen LogP contribution is -2.25. The molecule has 0 spiro atoms. The molecule has 0 saturated heterocycles. The highest BCUT2D eigenvalue weighted by Crippen LogP contribution is 2.24. The maximum atomic E-state index is 11.8. The molecule has 11 heteroatoms. The van der Waals surface area contributed by atoms with E-state index in [1.54, 1.807) is 12.1 Å². The largest absolute Gasteiger partial charge is 0.394 e. The Labute approximate surface area is 162 Å². The van der Waals surface area contributed by atoms with Crippen molar-refractivity contribution in [1.29, 1.82) is 0 Å². The van der Waals surface area contributed by atoms with Gasteiger partial charge in [-0.25, -0.2) is 18.4 Å². The summed E-state index contributed by atoms with van der Waals surface area (Å²) in [7, 11) is -3.42. The molecule has 1 atom stereocenters. The predicted molar refractivity (Wildman–Crippen MR) is 104 cm³/mol. The summed E-state index contributed by atoms with van der Waals surface area (Å²) < 4.78 is 23.5. The highest BCUT2D eigenvalue weighted by Gasteiger charge is 2.18. The smallest absolute Gasteiger partial charge is 0.271 e. The molecule has 6 N–H and O–H groups in total. The van der Waals surface area contributed by atoms with E-state index >= 15 is 0 Å². The fourth-order valence-electron chi connectivity index (χ4n) is 2.34. The summed E-state index contributed by atoms with van der Waals surface area (Å²) in [6, 6.07) is 6.01. The number of rotatable bonds is 9. The number of nitrogens with zero attached hydrogens (tertiary/aromatic N) is 2. The number of carbonyl (C=O) groups excluding carboxylic acids is 1. The van der Waals surface area contributed by atoms with Gasteiger partial charge in [-0.2, -0.15) is 0 Å². The average molecular weight is 409 g/mol. The van der Waals surface area contributed by atoms with E-state index in [1.807, 2.05) is 6.92 Å². The van der Waals surface area contributed by atoms with E-state index in [0.29, 0.717) is 23.6 Å². The normalized spacial score (nSPS) is 12.4. The van der Waals surface area contributed by atoms with Crippen molar-refractivity contribution < 1.29 is 23.4 Å². The van der Waals surface area contributed by atoms with Gasteiger partial charge in [-0.1, -0.05) is 13.0 Å². The van der Waals surface area contributed by atoms with Gasteiger partial charge in [0.25, 0.3) is 5.91 Å². The van der Waals surface area contributed by atoms with Crippen LogP contribution in [0.1, 0.15) is 23.1 Å². The molecule has 2 rings (SSSR count). The van der Waals surface area contributed by atoms with E-state index in [2.05, 4.69) is 20.6 Å². The quantitative estimate of drug-likeness (QED) is 0.384. The molecule has 1 heterocycles. The Hall–Kier alpha value is -2.76. The highest BCUT2D eigenvalue weighted by molar-refractivity contribution is 7.90. The minimum Gasteiger partial charge on any atom is -0.394 e. The number of sulfone groups is 1. The zero-order valence-electron chi connectivity index (χ0n) is 15.5. The third-order valence-electron chi connectivity index (χ3n) is 3.78. The first-order valence-corrected chi connectivity index (χ1v) is 10.4. The Morgan fingerprint density at radius 2 is 2.00 bits per heavy atom. The molecule has 1 amide bonds. The summed E-state index contributed by atoms with van der Waals surface area (Å²) in [4.78, 5) is 20.5. The van der Waals surface area contributed by atoms with Crippen molar-refractivity contribution in [3.8, 4) is 0 Å². The Kier molecular flexibility index (Phi) is 6.89. The van der Waals surface area contributed by atoms with E-state index in [-0.39, 0.29) is 23.0 Å². The number of nitrogens with one attached hydrogen (secondary N) is 2. The molecular weight excluding hydrogens is 386 g/mol. The van der Waals surface area contributed by atoms with Crippen LogP contribution in [0.5, 0.6) is 0 Å². The number of aromatic nitrogens is 2. The van der Waals surface area contributed by atoms with Crippen molar-refractivity contribution in [3.63, 3.8) is 0 Å². The third kappa shape index (κ3) is 5.38. The van der Waals surface area contributed by atoms with Gasteiger partial charge in [0.15, 0.2) is 21.3 Å². The Bertz CT molecular complexity index is 964. The van der Waals surface area contributed by atoms with Crippen LogP contribution in [0, 0.1) is 0 Å². The van der Waals surface area contributed by atoms with E-state index < -0.39 is 28.5 Å². The first kappa shape index (κ1) is 21.5. The van der Waals surface area contributed by atoms with Crippen LogP contribution in [-0.4, -0.2) is 60.0 Å². The van der Waals surface area contributed by atoms with Crippen LogP contribution >= 0.6 is 0 Å². The standard InChI is InChI=1S/C17H23N5O5S/c1-3-13-16(19-8-11(24)9-23)22-17(14(21-13)15(18)25)20-10-5-4-6-12(7-10)28(2,26)27/h4-7,11,23-24H,3,8-9H2,1-2H3,(H2,18,25)(H2,19,20,22). The van der Waals surface area contributed by atoms with E-state index in [9.17, 15) is 18.3 Å². The van der Waals surface area contributed by atoms with Crippen LogP contribution < -0.4 is 16.4 Å². The fourth-order valence-corrected chi connectivity index (χ4v) is 3.00. The Morgan fingerprint density at radius 3 is 2.57 bits per heavy atom. The molecule has 0 saturated carbocycles. The molecule has 0 radical (unpaired) electrons. The number of nitrogens with two attached hydrogens (primary N) is 1. The summed E-state index contributed by atoms with van der Waals surface area (Å²) in [5.41, 5.74) is 6.15. The lowest BCUT2D eigenvalue weighted by molar-refractivity contribution is 0.0995. The van der Waals surface area contributed by atoms with Crippen molar-refractivity contribution in [2.24, 2.45) is 5.73 Å². The van der Waals surface area contributed by atoms with Gasteiger partial charge in [0, 0.05) is 18.5 Å². The number of benzene rings is 1. The maximum Gasteiger partial charge on any atom is 0.271 e. The average Bonchev–Trinajstić information content (AvgIpc) is 2.65. The predicted octanol–water partition coefficient (Wildman–Crippen LogP) is 0.0501. The minimum atomic E-state index is -3.42. The number of aryl methyl sites for hydroxylation is 1. The topological polar surface area (TPSA) is 168 Å². The number of primary amides is 1. The zero-order valence-corrected chi connectivity index (χ0v) is 16.3. The molecule has 152 valence electrons. The lowest BCUT2D eigenvalue weighted by atomic mass is 10.2. The Balaban J connectivity index is 2.45. The number of aliphatic hydroxyl groups excluding tert-OH is 2. The first-order chi connectivity index (χ1) is 13.2. The van der Waals surface area contributed by atoms with Gasteiger partial charge in [0.1, 0.15) is 5.82 Å². The molecule has 1 aromatic carbocycles. The first-order valence-electron chi connectivity index (χ1n) is 8.46. The molecule has 0 fully saturated rings. The molecular formula is C17H23N5O5S. The van der Waals surface area contributed by atoms with Gasteiger partial charge in [-0.3, -0.25) is 4.79 Å². The number of carbonyl (C=O) groups is 1. The monoisotopic (exact) mass is 409 g/mol. The van der Waals surface area contributed by atoms with Gasteiger partial charge in [0.2, 0.25) is 0 Å². The SMILES string of the molecule is CCc1nc(C(N)=O)c(Nc2cccc(S(C)(=O)=O)c2)nc1NCC(O)CO. The second kappa shape index (κ2) is 8.95. The van der Waals surface area contributed by atoms with Crippen LogP contribution in [0.2, 0.25) is 0 Å². The van der Waals surface area contributed by atoms with Gasteiger partial charge in [-0.15, -0.1) is 0 Å². The molecule has 0 bridgehead atoms. The summed E-state index contributed by atoms with van der Waals surface area (Å²) >= 11 is 0. The van der Waals surface area contributed by atoms with Crippen LogP contribution in [0.25, 0.3) is 0 Å². The van der Waals surface area contributed by atoms with Gasteiger partial charge >= 0.3 is 0 Å². The van der Waals surface area contributed by atoms with Crippen molar-refractivity contribution >= 4 is 33.1 Å². The lowest BCUT2D eigenvalue weighted by Gasteiger charge is -2.16. The number of anilines is 3. The summed E-state index contributed by atoms with van der Waals surface area (Å²) in [5, 5.41) is 24.2. The Morgan fingerprint density at radius 1 is 1.29 bits per heavy atom. The zero-order chi connectivity index (χ0) is 20.9. The second-order valence-electron chi connectivity index (χ2n) is 6.08. The third-order valence-corrected chi connectivity index (χ3v) is 4.89. The molecule has 28 heavy (non-hydrogen) atoms. The molecule has 0 aliphatic heterocycles.